The second kappa shape index (κ2) is 8.49. The summed E-state index contributed by atoms with van der Waals surface area (Å²) in [6.45, 7) is 2.04. The molecule has 0 bridgehead atoms. The van der Waals surface area contributed by atoms with E-state index in [1.54, 1.807) is 12.1 Å². The number of hydrogen-bond acceptors (Lipinski definition) is 5. The van der Waals surface area contributed by atoms with E-state index >= 15 is 0 Å². The molecule has 156 valence electrons. The lowest BCUT2D eigenvalue weighted by Gasteiger charge is -2.08. The van der Waals surface area contributed by atoms with Crippen molar-refractivity contribution in [3.63, 3.8) is 0 Å². The van der Waals surface area contributed by atoms with E-state index < -0.39 is 0 Å². The molecule has 2 heterocycles. The Labute approximate surface area is 193 Å². The highest BCUT2D eigenvalue weighted by Gasteiger charge is 2.16. The molecule has 0 amide bonds. The van der Waals surface area contributed by atoms with Crippen LogP contribution in [0.15, 0.2) is 77.6 Å². The molecule has 5 aromatic rings. The average Bonchev–Trinajstić information content (AvgIpc) is 3.28. The van der Waals surface area contributed by atoms with E-state index in [9.17, 15) is 4.79 Å². The Balaban J connectivity index is 1.66. The van der Waals surface area contributed by atoms with E-state index in [1.165, 1.54) is 21.5 Å². The summed E-state index contributed by atoms with van der Waals surface area (Å²) in [5.74, 6) is 0.472. The van der Waals surface area contributed by atoms with E-state index in [1.807, 2.05) is 79.7 Å². The maximum absolute atomic E-state index is 13.4. The fraction of sp³-hybridized carbons (Fsp3) is 0.0400. The molecule has 0 N–H and O–H groups in total. The molecule has 0 fully saturated rings. The van der Waals surface area contributed by atoms with Crippen LogP contribution in [0.1, 0.15) is 17.0 Å². The Kier molecular flexibility index (Phi) is 5.39. The van der Waals surface area contributed by atoms with Crippen LogP contribution in [0.4, 0.5) is 0 Å². The predicted octanol–water partition coefficient (Wildman–Crippen LogP) is 6.04. The van der Waals surface area contributed by atoms with Gasteiger partial charge in [0.1, 0.15) is 10.8 Å². The molecule has 0 atom stereocenters. The van der Waals surface area contributed by atoms with E-state index in [-0.39, 0.29) is 5.56 Å². The third-order valence-corrected chi connectivity index (χ3v) is 6.17. The van der Waals surface area contributed by atoms with Crippen LogP contribution in [0, 0.1) is 6.92 Å². The summed E-state index contributed by atoms with van der Waals surface area (Å²) in [6.07, 6.45) is 3.67. The molecule has 32 heavy (non-hydrogen) atoms. The number of aromatic nitrogens is 4. The lowest BCUT2D eigenvalue weighted by molar-refractivity contribution is 0.899. The molecule has 0 radical (unpaired) electrons. The third kappa shape index (κ3) is 3.98. The SMILES string of the molecule is Cc1ccc(-c2nnc(-n3c(/C=C/c4cccc(Cl)c4)nc4ccccc4c3=O)s2)cc1. The van der Waals surface area contributed by atoms with Crippen molar-refractivity contribution in [2.45, 2.75) is 6.92 Å². The van der Waals surface area contributed by atoms with Crippen LogP contribution >= 0.6 is 22.9 Å². The van der Waals surface area contributed by atoms with Gasteiger partial charge in [-0.05, 0) is 42.8 Å². The molecule has 3 aromatic carbocycles. The number of aryl methyl sites for hydroxylation is 1. The molecular formula is C25H17ClN4OS. The van der Waals surface area contributed by atoms with E-state index in [2.05, 4.69) is 10.2 Å². The minimum atomic E-state index is -0.187. The summed E-state index contributed by atoms with van der Waals surface area (Å²) < 4.78 is 1.51. The second-order valence-electron chi connectivity index (χ2n) is 7.27. The molecule has 0 aliphatic carbocycles. The Morgan fingerprint density at radius 2 is 1.75 bits per heavy atom. The van der Waals surface area contributed by atoms with Crippen LogP contribution in [-0.4, -0.2) is 19.7 Å². The first-order valence-corrected chi connectivity index (χ1v) is 11.1. The number of nitrogens with zero attached hydrogens (tertiary/aromatic N) is 4. The first kappa shape index (κ1) is 20.3. The zero-order valence-electron chi connectivity index (χ0n) is 17.1. The van der Waals surface area contributed by atoms with Gasteiger partial charge in [-0.15, -0.1) is 10.2 Å². The van der Waals surface area contributed by atoms with Gasteiger partial charge in [0, 0.05) is 10.6 Å². The summed E-state index contributed by atoms with van der Waals surface area (Å²) in [4.78, 5) is 18.1. The van der Waals surface area contributed by atoms with E-state index in [4.69, 9.17) is 16.6 Å². The Morgan fingerprint density at radius 1 is 0.938 bits per heavy atom. The molecule has 5 rings (SSSR count). The number of para-hydroxylation sites is 1. The van der Waals surface area contributed by atoms with Crippen LogP contribution in [0.2, 0.25) is 5.02 Å². The van der Waals surface area contributed by atoms with Crippen LogP contribution in [0.25, 0.3) is 38.8 Å². The van der Waals surface area contributed by atoms with Crippen molar-refractivity contribution in [2.24, 2.45) is 0 Å². The van der Waals surface area contributed by atoms with Gasteiger partial charge in [0.2, 0.25) is 5.13 Å². The first-order valence-electron chi connectivity index (χ1n) is 9.95. The van der Waals surface area contributed by atoms with Crippen LogP contribution in [0.5, 0.6) is 0 Å². The Bertz CT molecular complexity index is 1520. The Morgan fingerprint density at radius 3 is 2.56 bits per heavy atom. The van der Waals surface area contributed by atoms with Crippen molar-refractivity contribution in [1.29, 1.82) is 0 Å². The van der Waals surface area contributed by atoms with E-state index in [0.717, 1.165) is 16.1 Å². The number of fused-ring (bicyclic) bond motifs is 1. The minimum absolute atomic E-state index is 0.187. The molecule has 0 unspecified atom stereocenters. The number of benzene rings is 3. The maximum Gasteiger partial charge on any atom is 0.268 e. The molecule has 0 aliphatic rings. The third-order valence-electron chi connectivity index (χ3n) is 4.98. The molecule has 0 spiro atoms. The van der Waals surface area contributed by atoms with Crippen molar-refractivity contribution >= 4 is 46.0 Å². The van der Waals surface area contributed by atoms with Gasteiger partial charge in [-0.3, -0.25) is 4.79 Å². The molecular weight excluding hydrogens is 440 g/mol. The molecule has 2 aromatic heterocycles. The minimum Gasteiger partial charge on any atom is -0.268 e. The van der Waals surface area contributed by atoms with Gasteiger partial charge >= 0.3 is 0 Å². The van der Waals surface area contributed by atoms with Crippen molar-refractivity contribution in [3.05, 3.63) is 105 Å². The van der Waals surface area contributed by atoms with Crippen molar-refractivity contribution in [1.82, 2.24) is 19.7 Å². The highest BCUT2D eigenvalue weighted by Crippen LogP contribution is 2.26. The summed E-state index contributed by atoms with van der Waals surface area (Å²) in [6, 6.07) is 22.8. The summed E-state index contributed by atoms with van der Waals surface area (Å²) in [5.41, 5.74) is 3.47. The molecule has 0 aliphatic heterocycles. The highest BCUT2D eigenvalue weighted by atomic mass is 35.5. The standard InChI is InChI=1S/C25H17ClN4OS/c1-16-9-12-18(13-10-16)23-28-29-25(32-23)30-22(14-11-17-5-4-6-19(26)15-17)27-21-8-3-2-7-20(21)24(30)31/h2-15H,1H3/b14-11+. The predicted molar refractivity (Wildman–Crippen MR) is 131 cm³/mol. The fourth-order valence-corrected chi connectivity index (χ4v) is 4.40. The number of halogens is 1. The summed E-state index contributed by atoms with van der Waals surface area (Å²) in [5, 5.41) is 11.0. The van der Waals surface area contributed by atoms with Gasteiger partial charge in [0.25, 0.3) is 5.56 Å². The van der Waals surface area contributed by atoms with Crippen molar-refractivity contribution in [2.75, 3.05) is 0 Å². The lowest BCUT2D eigenvalue weighted by atomic mass is 10.2. The summed E-state index contributed by atoms with van der Waals surface area (Å²) >= 11 is 7.46. The topological polar surface area (TPSA) is 60.7 Å². The quantitative estimate of drug-likeness (QED) is 0.331. The van der Waals surface area contributed by atoms with Gasteiger partial charge in [-0.2, -0.15) is 0 Å². The number of rotatable bonds is 4. The van der Waals surface area contributed by atoms with Gasteiger partial charge in [-0.1, -0.05) is 83.1 Å². The average molecular weight is 457 g/mol. The second-order valence-corrected chi connectivity index (χ2v) is 8.66. The zero-order valence-corrected chi connectivity index (χ0v) is 18.6. The van der Waals surface area contributed by atoms with Gasteiger partial charge in [0.05, 0.1) is 10.9 Å². The van der Waals surface area contributed by atoms with E-state index in [0.29, 0.717) is 26.9 Å². The van der Waals surface area contributed by atoms with Crippen LogP contribution < -0.4 is 5.56 Å². The normalized spacial score (nSPS) is 11.4. The molecule has 0 saturated heterocycles. The van der Waals surface area contributed by atoms with Crippen molar-refractivity contribution < 1.29 is 0 Å². The largest absolute Gasteiger partial charge is 0.268 e. The monoisotopic (exact) mass is 456 g/mol. The highest BCUT2D eigenvalue weighted by molar-refractivity contribution is 7.17. The maximum atomic E-state index is 13.4. The van der Waals surface area contributed by atoms with Gasteiger partial charge < -0.3 is 0 Å². The van der Waals surface area contributed by atoms with Gasteiger partial charge in [0.15, 0.2) is 0 Å². The van der Waals surface area contributed by atoms with Crippen molar-refractivity contribution in [3.8, 4) is 15.7 Å². The molecule has 7 heteroatoms. The number of hydrogen-bond donors (Lipinski definition) is 0. The Hall–Kier alpha value is -3.61. The first-order chi connectivity index (χ1) is 15.6. The van der Waals surface area contributed by atoms with Crippen LogP contribution in [-0.2, 0) is 0 Å². The smallest absolute Gasteiger partial charge is 0.268 e. The summed E-state index contributed by atoms with van der Waals surface area (Å²) in [7, 11) is 0. The molecule has 5 nitrogen and oxygen atoms in total. The van der Waals surface area contributed by atoms with Gasteiger partial charge in [-0.25, -0.2) is 9.55 Å². The zero-order chi connectivity index (χ0) is 22.1. The van der Waals surface area contributed by atoms with Crippen LogP contribution in [0.3, 0.4) is 0 Å². The lowest BCUT2D eigenvalue weighted by Crippen LogP contribution is -2.22. The molecule has 0 saturated carbocycles. The fourth-order valence-electron chi connectivity index (χ4n) is 3.35.